The van der Waals surface area contributed by atoms with Crippen LogP contribution < -0.4 is 10.2 Å². The molecule has 2 heterocycles. The number of benzene rings is 1. The number of urea groups is 1. The largest absolute Gasteiger partial charge is 0.466 e. The van der Waals surface area contributed by atoms with Gasteiger partial charge in [0.2, 0.25) is 5.91 Å². The lowest BCUT2D eigenvalue weighted by Gasteiger charge is -2.32. The molecule has 0 unspecified atom stereocenters. The van der Waals surface area contributed by atoms with E-state index in [9.17, 15) is 18.8 Å². The number of likely N-dealkylation sites (tertiary alicyclic amines) is 1. The van der Waals surface area contributed by atoms with E-state index in [1.54, 1.807) is 28.9 Å². The van der Waals surface area contributed by atoms with Gasteiger partial charge in [0, 0.05) is 31.7 Å². The molecule has 0 aromatic heterocycles. The molecule has 146 valence electrons. The van der Waals surface area contributed by atoms with Crippen molar-refractivity contribution in [3.63, 3.8) is 0 Å². The zero-order valence-electron chi connectivity index (χ0n) is 15.3. The maximum Gasteiger partial charge on any atom is 0.317 e. The highest BCUT2D eigenvalue weighted by Gasteiger charge is 2.34. The number of esters is 1. The van der Waals surface area contributed by atoms with E-state index < -0.39 is 0 Å². The number of halogens is 1. The highest BCUT2D eigenvalue weighted by Crippen LogP contribution is 2.23. The van der Waals surface area contributed by atoms with Crippen molar-refractivity contribution in [2.45, 2.75) is 32.2 Å². The molecule has 2 aliphatic rings. The van der Waals surface area contributed by atoms with Crippen molar-refractivity contribution in [2.75, 3.05) is 31.1 Å². The van der Waals surface area contributed by atoms with Crippen LogP contribution in [0.5, 0.6) is 0 Å². The van der Waals surface area contributed by atoms with Crippen molar-refractivity contribution < 1.29 is 23.5 Å². The first kappa shape index (κ1) is 19.1. The van der Waals surface area contributed by atoms with Crippen molar-refractivity contribution in [2.24, 2.45) is 5.92 Å². The molecule has 0 saturated carbocycles. The number of carbonyl (C=O) groups excluding carboxylic acids is 3. The van der Waals surface area contributed by atoms with Gasteiger partial charge in [-0.25, -0.2) is 9.18 Å². The third-order valence-corrected chi connectivity index (χ3v) is 4.92. The molecule has 3 rings (SSSR count). The van der Waals surface area contributed by atoms with Gasteiger partial charge in [-0.3, -0.25) is 9.59 Å². The summed E-state index contributed by atoms with van der Waals surface area (Å²) in [5.41, 5.74) is 0.610. The quantitative estimate of drug-likeness (QED) is 0.813. The third kappa shape index (κ3) is 4.56. The number of ether oxygens (including phenoxy) is 1. The fraction of sp³-hybridized carbons (Fsp3) is 0.526. The number of hydrogen-bond acceptors (Lipinski definition) is 4. The summed E-state index contributed by atoms with van der Waals surface area (Å²) in [6, 6.07) is 5.11. The monoisotopic (exact) mass is 377 g/mol. The molecule has 2 aliphatic heterocycles. The molecular formula is C19H24FN3O4. The van der Waals surface area contributed by atoms with Gasteiger partial charge in [0.1, 0.15) is 5.82 Å². The second kappa shape index (κ2) is 8.37. The summed E-state index contributed by atoms with van der Waals surface area (Å²) in [5.74, 6) is -1.05. The van der Waals surface area contributed by atoms with Gasteiger partial charge in [-0.2, -0.15) is 0 Å². The highest BCUT2D eigenvalue weighted by molar-refractivity contribution is 5.96. The zero-order valence-corrected chi connectivity index (χ0v) is 15.3. The molecule has 1 aromatic rings. The predicted octanol–water partition coefficient (Wildman–Crippen LogP) is 1.92. The highest BCUT2D eigenvalue weighted by atomic mass is 19.1. The van der Waals surface area contributed by atoms with E-state index in [4.69, 9.17) is 4.74 Å². The van der Waals surface area contributed by atoms with E-state index in [0.717, 1.165) is 6.42 Å². The molecule has 8 heteroatoms. The fourth-order valence-electron chi connectivity index (χ4n) is 3.55. The SMILES string of the molecule is CCOC(=O)[C@@H]1CCCN(C(=O)N[C@@H]2CC(=O)N(c3ccc(F)cc3)C2)C1. The van der Waals surface area contributed by atoms with E-state index in [0.29, 0.717) is 38.3 Å². The summed E-state index contributed by atoms with van der Waals surface area (Å²) in [6.07, 6.45) is 1.64. The van der Waals surface area contributed by atoms with Crippen LogP contribution in [0.3, 0.4) is 0 Å². The van der Waals surface area contributed by atoms with Crippen molar-refractivity contribution >= 4 is 23.6 Å². The molecule has 7 nitrogen and oxygen atoms in total. The Bertz CT molecular complexity index is 709. The molecule has 0 spiro atoms. The Hall–Kier alpha value is -2.64. The van der Waals surface area contributed by atoms with Gasteiger partial charge in [0.25, 0.3) is 0 Å². The molecule has 0 aliphatic carbocycles. The molecule has 0 bridgehead atoms. The first-order valence-electron chi connectivity index (χ1n) is 9.26. The lowest BCUT2D eigenvalue weighted by atomic mass is 9.98. The fourth-order valence-corrected chi connectivity index (χ4v) is 3.55. The lowest BCUT2D eigenvalue weighted by Crippen LogP contribution is -2.50. The summed E-state index contributed by atoms with van der Waals surface area (Å²) in [6.45, 7) is 3.32. The number of anilines is 1. The van der Waals surface area contributed by atoms with Crippen LogP contribution in [-0.4, -0.2) is 55.1 Å². The van der Waals surface area contributed by atoms with Crippen molar-refractivity contribution in [3.05, 3.63) is 30.1 Å². The maximum atomic E-state index is 13.1. The van der Waals surface area contributed by atoms with Crippen molar-refractivity contribution in [1.29, 1.82) is 0 Å². The number of nitrogens with zero attached hydrogens (tertiary/aromatic N) is 2. The average molecular weight is 377 g/mol. The van der Waals surface area contributed by atoms with Crippen LogP contribution in [0.1, 0.15) is 26.2 Å². The van der Waals surface area contributed by atoms with Crippen LogP contribution in [0.4, 0.5) is 14.9 Å². The van der Waals surface area contributed by atoms with E-state index in [2.05, 4.69) is 5.32 Å². The van der Waals surface area contributed by atoms with Crippen LogP contribution in [0.25, 0.3) is 0 Å². The standard InChI is InChI=1S/C19H24FN3O4/c1-2-27-18(25)13-4-3-9-22(11-13)19(26)21-15-10-17(24)23(12-15)16-7-5-14(20)6-8-16/h5-8,13,15H,2-4,9-12H2,1H3,(H,21,26)/t13-,15-/m1/s1. The maximum absolute atomic E-state index is 13.1. The summed E-state index contributed by atoms with van der Waals surface area (Å²) in [7, 11) is 0. The Kier molecular flexibility index (Phi) is 5.93. The smallest absolute Gasteiger partial charge is 0.317 e. The minimum atomic E-state index is -0.364. The Balaban J connectivity index is 1.56. The summed E-state index contributed by atoms with van der Waals surface area (Å²) in [4.78, 5) is 39.9. The molecule has 2 fully saturated rings. The van der Waals surface area contributed by atoms with E-state index in [-0.39, 0.29) is 42.1 Å². The van der Waals surface area contributed by atoms with Gasteiger partial charge in [-0.15, -0.1) is 0 Å². The topological polar surface area (TPSA) is 79.0 Å². The molecule has 1 aromatic carbocycles. The summed E-state index contributed by atoms with van der Waals surface area (Å²) >= 11 is 0. The zero-order chi connectivity index (χ0) is 19.4. The molecule has 2 saturated heterocycles. The molecule has 0 radical (unpaired) electrons. The van der Waals surface area contributed by atoms with Crippen LogP contribution in [0.15, 0.2) is 24.3 Å². The number of piperidine rings is 1. The number of amides is 3. The molecule has 1 N–H and O–H groups in total. The number of hydrogen-bond donors (Lipinski definition) is 1. The number of rotatable bonds is 4. The van der Waals surface area contributed by atoms with Gasteiger partial charge in [-0.05, 0) is 44.0 Å². The minimum absolute atomic E-state index is 0.116. The number of nitrogens with one attached hydrogen (secondary N) is 1. The van der Waals surface area contributed by atoms with Crippen LogP contribution in [0.2, 0.25) is 0 Å². The van der Waals surface area contributed by atoms with E-state index >= 15 is 0 Å². The Morgan fingerprint density at radius 1 is 1.26 bits per heavy atom. The van der Waals surface area contributed by atoms with Crippen LogP contribution >= 0.6 is 0 Å². The van der Waals surface area contributed by atoms with Crippen LogP contribution in [-0.2, 0) is 14.3 Å². The van der Waals surface area contributed by atoms with E-state index in [1.807, 2.05) is 0 Å². The third-order valence-electron chi connectivity index (χ3n) is 4.92. The summed E-state index contributed by atoms with van der Waals surface area (Å²) < 4.78 is 18.1. The molecule has 27 heavy (non-hydrogen) atoms. The predicted molar refractivity (Wildman–Crippen MR) is 96.6 cm³/mol. The first-order valence-corrected chi connectivity index (χ1v) is 9.26. The van der Waals surface area contributed by atoms with Gasteiger partial charge >= 0.3 is 12.0 Å². The van der Waals surface area contributed by atoms with Gasteiger partial charge in [0.05, 0.1) is 18.6 Å². The molecular weight excluding hydrogens is 353 g/mol. The van der Waals surface area contributed by atoms with E-state index in [1.165, 1.54) is 12.1 Å². The second-order valence-electron chi connectivity index (χ2n) is 6.87. The molecule has 2 atom stereocenters. The Morgan fingerprint density at radius 2 is 2.00 bits per heavy atom. The van der Waals surface area contributed by atoms with Crippen LogP contribution in [0, 0.1) is 11.7 Å². The Labute approximate surface area is 157 Å². The second-order valence-corrected chi connectivity index (χ2v) is 6.87. The first-order chi connectivity index (χ1) is 13.0. The van der Waals surface area contributed by atoms with Crippen molar-refractivity contribution in [1.82, 2.24) is 10.2 Å². The molecule has 3 amide bonds. The van der Waals surface area contributed by atoms with Crippen molar-refractivity contribution in [3.8, 4) is 0 Å². The van der Waals surface area contributed by atoms with Gasteiger partial charge in [-0.1, -0.05) is 0 Å². The Morgan fingerprint density at radius 3 is 2.70 bits per heavy atom. The minimum Gasteiger partial charge on any atom is -0.466 e. The average Bonchev–Trinajstić information content (AvgIpc) is 3.02. The number of carbonyl (C=O) groups is 3. The normalized spacial score (nSPS) is 22.7. The summed E-state index contributed by atoms with van der Waals surface area (Å²) in [5, 5.41) is 2.88. The lowest BCUT2D eigenvalue weighted by molar-refractivity contribution is -0.149. The van der Waals surface area contributed by atoms with Gasteiger partial charge < -0.3 is 19.9 Å². The van der Waals surface area contributed by atoms with Gasteiger partial charge in [0.15, 0.2) is 0 Å².